The van der Waals surface area contributed by atoms with Gasteiger partial charge in [0.05, 0.1) is 14.2 Å². The van der Waals surface area contributed by atoms with Gasteiger partial charge in [-0.05, 0) is 31.8 Å². The first-order chi connectivity index (χ1) is 9.76. The maximum absolute atomic E-state index is 12.3. The minimum atomic E-state index is -0.273. The van der Waals surface area contributed by atoms with Gasteiger partial charge >= 0.3 is 0 Å². The smallest absolute Gasteiger partial charge is 0.262 e. The number of piperidine rings is 1. The lowest BCUT2D eigenvalue weighted by Crippen LogP contribution is -2.38. The normalized spacial score (nSPS) is 18.4. The van der Waals surface area contributed by atoms with Gasteiger partial charge in [-0.3, -0.25) is 4.79 Å². The van der Waals surface area contributed by atoms with Crippen LogP contribution in [0.1, 0.15) is 23.2 Å². The van der Waals surface area contributed by atoms with Gasteiger partial charge < -0.3 is 20.1 Å². The Kier molecular flexibility index (Phi) is 5.11. The zero-order valence-electron chi connectivity index (χ0n) is 11.8. The van der Waals surface area contributed by atoms with E-state index >= 15 is 0 Å². The molecule has 1 aromatic rings. The zero-order chi connectivity index (χ0) is 14.4. The van der Waals surface area contributed by atoms with E-state index < -0.39 is 0 Å². The van der Waals surface area contributed by atoms with E-state index in [-0.39, 0.29) is 23.2 Å². The molecule has 1 aliphatic rings. The summed E-state index contributed by atoms with van der Waals surface area (Å²) in [5, 5.41) is 6.22. The molecule has 0 bridgehead atoms. The van der Waals surface area contributed by atoms with Crippen molar-refractivity contribution in [3.8, 4) is 11.8 Å². The maximum Gasteiger partial charge on any atom is 0.262 e. The fourth-order valence-corrected chi connectivity index (χ4v) is 2.28. The summed E-state index contributed by atoms with van der Waals surface area (Å²) in [6, 6.07) is 0. The molecule has 1 aromatic heterocycles. The Hall–Kier alpha value is -1.89. The number of nitrogens with zero attached hydrogens (tertiary/aromatic N) is 2. The van der Waals surface area contributed by atoms with Crippen LogP contribution < -0.4 is 20.1 Å². The Bertz CT molecular complexity index is 439. The van der Waals surface area contributed by atoms with Gasteiger partial charge in [0, 0.05) is 6.54 Å². The molecule has 0 aromatic carbocycles. The number of carbonyl (C=O) groups is 1. The second-order valence-corrected chi connectivity index (χ2v) is 4.69. The highest BCUT2D eigenvalue weighted by Crippen LogP contribution is 2.23. The summed E-state index contributed by atoms with van der Waals surface area (Å²) in [5.74, 6) is 0.617. The van der Waals surface area contributed by atoms with Crippen LogP contribution >= 0.6 is 0 Å². The number of methoxy groups -OCH3 is 2. The Morgan fingerprint density at radius 2 is 2.10 bits per heavy atom. The van der Waals surface area contributed by atoms with Crippen molar-refractivity contribution in [3.63, 3.8) is 0 Å². The molecule has 110 valence electrons. The maximum atomic E-state index is 12.3. The lowest BCUT2D eigenvalue weighted by Gasteiger charge is -2.23. The van der Waals surface area contributed by atoms with Crippen molar-refractivity contribution in [2.75, 3.05) is 33.9 Å². The third-order valence-electron chi connectivity index (χ3n) is 3.34. The van der Waals surface area contributed by atoms with Gasteiger partial charge in [-0.25, -0.2) is 9.97 Å². The predicted octanol–water partition coefficient (Wildman–Crippen LogP) is 0.223. The Labute approximate surface area is 118 Å². The lowest BCUT2D eigenvalue weighted by atomic mass is 10.00. The van der Waals surface area contributed by atoms with Crippen LogP contribution in [0.2, 0.25) is 0 Å². The van der Waals surface area contributed by atoms with E-state index in [0.29, 0.717) is 12.5 Å². The predicted molar refractivity (Wildman–Crippen MR) is 73.1 cm³/mol. The van der Waals surface area contributed by atoms with E-state index in [9.17, 15) is 4.79 Å². The summed E-state index contributed by atoms with van der Waals surface area (Å²) in [4.78, 5) is 20.1. The Balaban J connectivity index is 2.04. The molecule has 1 atom stereocenters. The summed E-state index contributed by atoms with van der Waals surface area (Å²) >= 11 is 0. The van der Waals surface area contributed by atoms with E-state index in [0.717, 1.165) is 25.9 Å². The largest absolute Gasteiger partial charge is 0.480 e. The van der Waals surface area contributed by atoms with Crippen molar-refractivity contribution in [1.82, 2.24) is 20.6 Å². The van der Waals surface area contributed by atoms with E-state index in [2.05, 4.69) is 20.6 Å². The van der Waals surface area contributed by atoms with Crippen molar-refractivity contribution in [2.45, 2.75) is 12.8 Å². The summed E-state index contributed by atoms with van der Waals surface area (Å²) in [7, 11) is 2.92. The highest BCUT2D eigenvalue weighted by atomic mass is 16.5. The average molecular weight is 280 g/mol. The SMILES string of the molecule is COc1ncnc(OC)c1C(=O)NC[C@H]1CCCNC1. The molecule has 1 aliphatic heterocycles. The van der Waals surface area contributed by atoms with Crippen LogP contribution in [-0.2, 0) is 0 Å². The fourth-order valence-electron chi connectivity index (χ4n) is 2.28. The molecule has 2 heterocycles. The number of hydrogen-bond donors (Lipinski definition) is 2. The topological polar surface area (TPSA) is 85.4 Å². The second kappa shape index (κ2) is 7.04. The van der Waals surface area contributed by atoms with Crippen LogP contribution in [-0.4, -0.2) is 49.7 Å². The molecule has 0 spiro atoms. The van der Waals surface area contributed by atoms with Crippen LogP contribution in [0.4, 0.5) is 0 Å². The summed E-state index contributed by atoms with van der Waals surface area (Å²) in [6.45, 7) is 2.60. The highest BCUT2D eigenvalue weighted by molar-refractivity contribution is 5.98. The van der Waals surface area contributed by atoms with Gasteiger partial charge in [-0.2, -0.15) is 0 Å². The van der Waals surface area contributed by atoms with Gasteiger partial charge in [-0.1, -0.05) is 0 Å². The molecule has 1 saturated heterocycles. The minimum absolute atomic E-state index is 0.219. The molecule has 0 aliphatic carbocycles. The first-order valence-corrected chi connectivity index (χ1v) is 6.68. The second-order valence-electron chi connectivity index (χ2n) is 4.69. The van der Waals surface area contributed by atoms with Crippen LogP contribution in [0.15, 0.2) is 6.33 Å². The fraction of sp³-hybridized carbons (Fsp3) is 0.615. The van der Waals surface area contributed by atoms with Crippen LogP contribution in [0.25, 0.3) is 0 Å². The van der Waals surface area contributed by atoms with E-state index in [1.54, 1.807) is 0 Å². The van der Waals surface area contributed by atoms with Gasteiger partial charge in [0.25, 0.3) is 5.91 Å². The molecule has 1 fully saturated rings. The molecule has 7 heteroatoms. The van der Waals surface area contributed by atoms with Crippen molar-refractivity contribution < 1.29 is 14.3 Å². The monoisotopic (exact) mass is 280 g/mol. The number of amides is 1. The molecule has 1 amide bonds. The van der Waals surface area contributed by atoms with Gasteiger partial charge in [0.1, 0.15) is 6.33 Å². The number of carbonyl (C=O) groups excluding carboxylic acids is 1. The van der Waals surface area contributed by atoms with E-state index in [1.807, 2.05) is 0 Å². The lowest BCUT2D eigenvalue weighted by molar-refractivity contribution is 0.0936. The third-order valence-corrected chi connectivity index (χ3v) is 3.34. The first kappa shape index (κ1) is 14.5. The van der Waals surface area contributed by atoms with Crippen LogP contribution in [0, 0.1) is 5.92 Å². The Morgan fingerprint density at radius 1 is 1.40 bits per heavy atom. The molecule has 0 unspecified atom stereocenters. The quantitative estimate of drug-likeness (QED) is 0.802. The third kappa shape index (κ3) is 3.36. The minimum Gasteiger partial charge on any atom is -0.480 e. The number of ether oxygens (including phenoxy) is 2. The standard InChI is InChI=1S/C13H20N4O3/c1-19-12-10(13(20-2)17-8-16-12)11(18)15-7-9-4-3-5-14-6-9/h8-9,14H,3-7H2,1-2H3,(H,15,18)/t9-/m0/s1. The number of rotatable bonds is 5. The molecule has 20 heavy (non-hydrogen) atoms. The first-order valence-electron chi connectivity index (χ1n) is 6.68. The summed E-state index contributed by atoms with van der Waals surface area (Å²) in [6.07, 6.45) is 3.56. The van der Waals surface area contributed by atoms with Gasteiger partial charge in [0.2, 0.25) is 11.8 Å². The molecule has 7 nitrogen and oxygen atoms in total. The van der Waals surface area contributed by atoms with E-state index in [4.69, 9.17) is 9.47 Å². The zero-order valence-corrected chi connectivity index (χ0v) is 11.8. The molecule has 0 radical (unpaired) electrons. The van der Waals surface area contributed by atoms with Gasteiger partial charge in [-0.15, -0.1) is 0 Å². The average Bonchev–Trinajstić information content (AvgIpc) is 2.52. The molecule has 2 rings (SSSR count). The Morgan fingerprint density at radius 3 is 2.65 bits per heavy atom. The van der Waals surface area contributed by atoms with Crippen molar-refractivity contribution >= 4 is 5.91 Å². The van der Waals surface area contributed by atoms with Crippen molar-refractivity contribution in [2.24, 2.45) is 5.92 Å². The van der Waals surface area contributed by atoms with Crippen molar-refractivity contribution in [3.05, 3.63) is 11.9 Å². The summed E-state index contributed by atoms with van der Waals surface area (Å²) < 4.78 is 10.2. The number of nitrogens with one attached hydrogen (secondary N) is 2. The number of aromatic nitrogens is 2. The van der Waals surface area contributed by atoms with Crippen molar-refractivity contribution in [1.29, 1.82) is 0 Å². The van der Waals surface area contributed by atoms with Crippen LogP contribution in [0.5, 0.6) is 11.8 Å². The summed E-state index contributed by atoms with van der Waals surface area (Å²) in [5.41, 5.74) is 0.237. The van der Waals surface area contributed by atoms with E-state index in [1.165, 1.54) is 20.5 Å². The highest BCUT2D eigenvalue weighted by Gasteiger charge is 2.22. The van der Waals surface area contributed by atoms with Crippen LogP contribution in [0.3, 0.4) is 0 Å². The molecule has 0 saturated carbocycles. The molecular formula is C13H20N4O3. The van der Waals surface area contributed by atoms with Gasteiger partial charge in [0.15, 0.2) is 5.56 Å². The molecular weight excluding hydrogens is 260 g/mol. The number of hydrogen-bond acceptors (Lipinski definition) is 6. The molecule has 2 N–H and O–H groups in total.